The van der Waals surface area contributed by atoms with Gasteiger partial charge in [-0.05, 0) is 55.0 Å². The van der Waals surface area contributed by atoms with Gasteiger partial charge in [-0.1, -0.05) is 51.0 Å². The van der Waals surface area contributed by atoms with Crippen LogP contribution in [0.25, 0.3) is 27.8 Å². The normalized spacial score (nSPS) is 17.2. The van der Waals surface area contributed by atoms with Crippen molar-refractivity contribution in [2.24, 2.45) is 0 Å². The molecule has 4 nitrogen and oxygen atoms in total. The highest BCUT2D eigenvalue weighted by Gasteiger charge is 2.31. The van der Waals surface area contributed by atoms with E-state index in [2.05, 4.69) is 70.9 Å². The highest BCUT2D eigenvalue weighted by Crippen LogP contribution is 2.37. The molecule has 4 aromatic rings. The molecule has 0 radical (unpaired) electrons. The van der Waals surface area contributed by atoms with Crippen molar-refractivity contribution in [2.75, 3.05) is 6.54 Å². The minimum absolute atomic E-state index is 0.746. The Morgan fingerprint density at radius 3 is 2.55 bits per heavy atom. The van der Waals surface area contributed by atoms with Gasteiger partial charge in [0.1, 0.15) is 0 Å². The molecule has 3 heterocycles. The number of para-hydroxylation sites is 1. The summed E-state index contributed by atoms with van der Waals surface area (Å²) in [6.07, 6.45) is 10.6. The summed E-state index contributed by atoms with van der Waals surface area (Å²) in [6.45, 7) is 6.68. The zero-order chi connectivity index (χ0) is 22.4. The van der Waals surface area contributed by atoms with Crippen molar-refractivity contribution in [1.82, 2.24) is 19.7 Å². The number of hydrogen-bond donors (Lipinski definition) is 1. The van der Waals surface area contributed by atoms with Crippen molar-refractivity contribution in [1.29, 1.82) is 0 Å². The maximum Gasteiger partial charge on any atom is 0.0789 e. The Morgan fingerprint density at radius 1 is 1.00 bits per heavy atom. The molecule has 0 atom stereocenters. The van der Waals surface area contributed by atoms with Gasteiger partial charge in [-0.15, -0.1) is 0 Å². The molecule has 2 aromatic heterocycles. The lowest BCUT2D eigenvalue weighted by molar-refractivity contribution is 0.181. The maximum atomic E-state index is 5.33. The third kappa shape index (κ3) is 3.52. The largest absolute Gasteiger partial charge is 0.361 e. The number of aryl methyl sites for hydroxylation is 2. The molecule has 0 amide bonds. The standard InChI is InChI=1S/C29H34N4/c1-3-20-8-7-9-21(4-2)28(20)33-29(23-12-13-26-22(18-23)14-16-30-26)25-19-32(17-15-27(25)31-33)24-10-5-6-11-24/h7-9,12-14,16,18,24,30H,3-6,10-11,15,17,19H2,1-2H3. The lowest BCUT2D eigenvalue weighted by atomic mass is 9.97. The Labute approximate surface area is 196 Å². The summed E-state index contributed by atoms with van der Waals surface area (Å²) in [6, 6.07) is 16.5. The van der Waals surface area contributed by atoms with E-state index in [9.17, 15) is 0 Å². The van der Waals surface area contributed by atoms with Crippen LogP contribution in [0.5, 0.6) is 0 Å². The second-order valence-electron chi connectivity index (χ2n) is 9.76. The summed E-state index contributed by atoms with van der Waals surface area (Å²) >= 11 is 0. The summed E-state index contributed by atoms with van der Waals surface area (Å²) in [5.74, 6) is 0. The van der Waals surface area contributed by atoms with Crippen LogP contribution in [0.3, 0.4) is 0 Å². The quantitative estimate of drug-likeness (QED) is 0.389. The number of nitrogens with zero attached hydrogens (tertiary/aromatic N) is 3. The van der Waals surface area contributed by atoms with E-state index in [0.29, 0.717) is 0 Å². The average molecular weight is 439 g/mol. The van der Waals surface area contributed by atoms with E-state index in [-0.39, 0.29) is 0 Å². The molecule has 1 aliphatic heterocycles. The zero-order valence-electron chi connectivity index (χ0n) is 19.9. The fraction of sp³-hybridized carbons (Fsp3) is 0.414. The van der Waals surface area contributed by atoms with Gasteiger partial charge in [0.05, 0.1) is 17.1 Å². The molecule has 1 saturated carbocycles. The predicted molar refractivity (Wildman–Crippen MR) is 136 cm³/mol. The van der Waals surface area contributed by atoms with Gasteiger partial charge in [0.15, 0.2) is 0 Å². The van der Waals surface area contributed by atoms with Crippen molar-refractivity contribution in [2.45, 2.75) is 71.4 Å². The van der Waals surface area contributed by atoms with E-state index in [1.54, 1.807) is 0 Å². The third-order valence-corrected chi connectivity index (χ3v) is 7.91. The van der Waals surface area contributed by atoms with Gasteiger partial charge in [0.2, 0.25) is 0 Å². The molecule has 0 bridgehead atoms. The lowest BCUT2D eigenvalue weighted by Crippen LogP contribution is -2.37. The Kier molecular flexibility index (Phi) is 5.34. The van der Waals surface area contributed by atoms with Crippen LogP contribution in [0.1, 0.15) is 61.9 Å². The van der Waals surface area contributed by atoms with E-state index in [1.807, 2.05) is 6.20 Å². The maximum absolute atomic E-state index is 5.33. The van der Waals surface area contributed by atoms with E-state index in [4.69, 9.17) is 5.10 Å². The van der Waals surface area contributed by atoms with Gasteiger partial charge >= 0.3 is 0 Å². The van der Waals surface area contributed by atoms with Gasteiger partial charge in [-0.25, -0.2) is 4.68 Å². The topological polar surface area (TPSA) is 36.9 Å². The fourth-order valence-electron chi connectivity index (χ4n) is 6.12. The summed E-state index contributed by atoms with van der Waals surface area (Å²) in [5.41, 5.74) is 10.6. The second-order valence-corrected chi connectivity index (χ2v) is 9.76. The Bertz CT molecular complexity index is 1270. The van der Waals surface area contributed by atoms with Crippen LogP contribution in [0.15, 0.2) is 48.7 Å². The summed E-state index contributed by atoms with van der Waals surface area (Å²) in [5, 5.41) is 6.59. The zero-order valence-corrected chi connectivity index (χ0v) is 19.9. The lowest BCUT2D eigenvalue weighted by Gasteiger charge is -2.32. The smallest absolute Gasteiger partial charge is 0.0789 e. The Morgan fingerprint density at radius 2 is 1.79 bits per heavy atom. The molecule has 6 rings (SSSR count). The second kappa shape index (κ2) is 8.49. The molecule has 170 valence electrons. The average Bonchev–Trinajstić information content (AvgIpc) is 3.61. The fourth-order valence-corrected chi connectivity index (χ4v) is 6.12. The first-order valence-electron chi connectivity index (χ1n) is 12.8. The number of aromatic nitrogens is 3. The molecule has 4 heteroatoms. The van der Waals surface area contributed by atoms with Crippen LogP contribution in [-0.2, 0) is 25.8 Å². The molecule has 2 aromatic carbocycles. The van der Waals surface area contributed by atoms with Crippen LogP contribution in [0.2, 0.25) is 0 Å². The number of H-pyrrole nitrogens is 1. The third-order valence-electron chi connectivity index (χ3n) is 7.91. The number of hydrogen-bond acceptors (Lipinski definition) is 2. The van der Waals surface area contributed by atoms with E-state index < -0.39 is 0 Å². The van der Waals surface area contributed by atoms with Crippen LogP contribution in [0.4, 0.5) is 0 Å². The number of nitrogens with one attached hydrogen (secondary N) is 1. The van der Waals surface area contributed by atoms with Crippen LogP contribution >= 0.6 is 0 Å². The minimum Gasteiger partial charge on any atom is -0.361 e. The summed E-state index contributed by atoms with van der Waals surface area (Å²) < 4.78 is 2.31. The Hall–Kier alpha value is -2.85. The first-order chi connectivity index (χ1) is 16.3. The molecular weight excluding hydrogens is 404 g/mol. The van der Waals surface area contributed by atoms with E-state index in [1.165, 1.54) is 75.9 Å². The van der Waals surface area contributed by atoms with Crippen LogP contribution in [0, 0.1) is 0 Å². The monoisotopic (exact) mass is 438 g/mol. The summed E-state index contributed by atoms with van der Waals surface area (Å²) in [7, 11) is 0. The van der Waals surface area contributed by atoms with Gasteiger partial charge in [0.25, 0.3) is 0 Å². The van der Waals surface area contributed by atoms with Crippen molar-refractivity contribution in [3.05, 3.63) is 71.0 Å². The highest BCUT2D eigenvalue weighted by atomic mass is 15.3. The number of aromatic amines is 1. The minimum atomic E-state index is 0.746. The van der Waals surface area contributed by atoms with E-state index in [0.717, 1.165) is 38.4 Å². The SMILES string of the molecule is CCc1cccc(CC)c1-n1nc2c(c1-c1ccc3[nH]ccc3c1)CN(C1CCCC1)CC2. The number of fused-ring (bicyclic) bond motifs is 2. The molecule has 0 saturated heterocycles. The first kappa shape index (κ1) is 20.7. The summed E-state index contributed by atoms with van der Waals surface area (Å²) in [4.78, 5) is 6.09. The van der Waals surface area contributed by atoms with Crippen LogP contribution in [-0.4, -0.2) is 32.3 Å². The molecule has 0 spiro atoms. The molecule has 0 unspecified atom stereocenters. The van der Waals surface area contributed by atoms with Crippen molar-refractivity contribution < 1.29 is 0 Å². The van der Waals surface area contributed by atoms with Crippen molar-refractivity contribution >= 4 is 10.9 Å². The van der Waals surface area contributed by atoms with Crippen molar-refractivity contribution in [3.8, 4) is 16.9 Å². The molecule has 1 N–H and O–H groups in total. The van der Waals surface area contributed by atoms with Gasteiger partial charge in [0, 0.05) is 53.8 Å². The molecule has 1 aliphatic carbocycles. The van der Waals surface area contributed by atoms with Crippen LogP contribution < -0.4 is 0 Å². The van der Waals surface area contributed by atoms with Gasteiger partial charge < -0.3 is 4.98 Å². The molecule has 33 heavy (non-hydrogen) atoms. The predicted octanol–water partition coefficient (Wildman–Crippen LogP) is 6.45. The highest BCUT2D eigenvalue weighted by molar-refractivity contribution is 5.85. The van der Waals surface area contributed by atoms with Gasteiger partial charge in [-0.2, -0.15) is 5.10 Å². The number of benzene rings is 2. The molecular formula is C29H34N4. The molecule has 1 fully saturated rings. The first-order valence-corrected chi connectivity index (χ1v) is 12.8. The van der Waals surface area contributed by atoms with Gasteiger partial charge in [-0.3, -0.25) is 4.90 Å². The Balaban J connectivity index is 1.56. The van der Waals surface area contributed by atoms with Crippen molar-refractivity contribution in [3.63, 3.8) is 0 Å². The van der Waals surface area contributed by atoms with E-state index >= 15 is 0 Å². The number of rotatable bonds is 5. The molecule has 2 aliphatic rings.